The molecule has 0 aromatic rings. The highest BCUT2D eigenvalue weighted by Crippen LogP contribution is 2.24. The van der Waals surface area contributed by atoms with Gasteiger partial charge in [0.05, 0.1) is 6.54 Å². The van der Waals surface area contributed by atoms with E-state index in [-0.39, 0.29) is 0 Å². The first-order valence-electron chi connectivity index (χ1n) is 5.37. The van der Waals surface area contributed by atoms with Gasteiger partial charge in [-0.05, 0) is 13.8 Å². The summed E-state index contributed by atoms with van der Waals surface area (Å²) in [6, 6.07) is 0. The van der Waals surface area contributed by atoms with E-state index in [1.54, 1.807) is 13.8 Å². The molecule has 0 aliphatic heterocycles. The molecule has 0 N–H and O–H groups in total. The topological polar surface area (TPSA) is 40.6 Å². The van der Waals surface area contributed by atoms with Gasteiger partial charge in [0, 0.05) is 20.1 Å². The number of alkyl halides is 4. The molecule has 2 amide bonds. The normalized spacial score (nSPS) is 11.6. The van der Waals surface area contributed by atoms with E-state index in [4.69, 9.17) is 0 Å². The molecule has 0 fully saturated rings. The van der Waals surface area contributed by atoms with E-state index in [0.29, 0.717) is 18.0 Å². The minimum atomic E-state index is -4.77. The highest BCUT2D eigenvalue weighted by molar-refractivity contribution is 5.88. The molecule has 106 valence electrons. The van der Waals surface area contributed by atoms with Crippen LogP contribution in [0, 0.1) is 0 Å². The Hall–Kier alpha value is -1.34. The molecule has 0 radical (unpaired) electrons. The summed E-state index contributed by atoms with van der Waals surface area (Å²) >= 11 is 0. The van der Waals surface area contributed by atoms with Gasteiger partial charge in [0.1, 0.15) is 0 Å². The van der Waals surface area contributed by atoms with Gasteiger partial charge in [-0.15, -0.1) is 0 Å². The SMILES string of the molecule is CCN(CC)C(=O)CN(C)C(=O)C(F)(F)C(F)F. The van der Waals surface area contributed by atoms with E-state index in [0.717, 1.165) is 7.05 Å². The molecular formula is C10H16F4N2O2. The summed E-state index contributed by atoms with van der Waals surface area (Å²) in [5, 5.41) is 0. The van der Waals surface area contributed by atoms with Crippen LogP contribution in [0.5, 0.6) is 0 Å². The molecule has 8 heteroatoms. The van der Waals surface area contributed by atoms with Crippen LogP contribution in [0.1, 0.15) is 13.8 Å². The Kier molecular flexibility index (Phi) is 6.07. The average Bonchev–Trinajstić information content (AvgIpc) is 2.29. The smallest absolute Gasteiger partial charge is 0.342 e. The largest absolute Gasteiger partial charge is 0.383 e. The van der Waals surface area contributed by atoms with Crippen LogP contribution in [0.15, 0.2) is 0 Å². The predicted molar refractivity (Wildman–Crippen MR) is 56.5 cm³/mol. The van der Waals surface area contributed by atoms with Crippen molar-refractivity contribution < 1.29 is 27.2 Å². The number of likely N-dealkylation sites (N-methyl/N-ethyl adjacent to an activating group) is 2. The van der Waals surface area contributed by atoms with Crippen LogP contribution in [0.25, 0.3) is 0 Å². The minimum absolute atomic E-state index is 0.312. The van der Waals surface area contributed by atoms with Crippen LogP contribution in [-0.2, 0) is 9.59 Å². The van der Waals surface area contributed by atoms with Gasteiger partial charge in [-0.3, -0.25) is 9.59 Å². The number of hydrogen-bond acceptors (Lipinski definition) is 2. The van der Waals surface area contributed by atoms with Gasteiger partial charge < -0.3 is 9.80 Å². The zero-order valence-corrected chi connectivity index (χ0v) is 10.4. The summed E-state index contributed by atoms with van der Waals surface area (Å²) < 4.78 is 49.4. The monoisotopic (exact) mass is 272 g/mol. The summed E-state index contributed by atoms with van der Waals surface area (Å²) in [5.41, 5.74) is 0. The summed E-state index contributed by atoms with van der Waals surface area (Å²) in [6.07, 6.45) is -4.09. The van der Waals surface area contributed by atoms with Crippen molar-refractivity contribution in [1.29, 1.82) is 0 Å². The second-order valence-corrected chi connectivity index (χ2v) is 3.65. The van der Waals surface area contributed by atoms with E-state index in [1.165, 1.54) is 4.90 Å². The molecule has 0 saturated heterocycles. The summed E-state index contributed by atoms with van der Waals surface area (Å²) in [5.74, 6) is -7.39. The summed E-state index contributed by atoms with van der Waals surface area (Å²) in [7, 11) is 0.889. The zero-order valence-electron chi connectivity index (χ0n) is 10.4. The van der Waals surface area contributed by atoms with Crippen molar-refractivity contribution in [2.24, 2.45) is 0 Å². The Bertz CT molecular complexity index is 306. The fourth-order valence-electron chi connectivity index (χ4n) is 1.30. The van der Waals surface area contributed by atoms with E-state index in [2.05, 4.69) is 0 Å². The number of rotatable bonds is 6. The Morgan fingerprint density at radius 3 is 1.94 bits per heavy atom. The van der Waals surface area contributed by atoms with Gasteiger partial charge in [-0.2, -0.15) is 8.78 Å². The van der Waals surface area contributed by atoms with Crippen molar-refractivity contribution in [3.05, 3.63) is 0 Å². The quantitative estimate of drug-likeness (QED) is 0.682. The lowest BCUT2D eigenvalue weighted by Gasteiger charge is -2.25. The second kappa shape index (κ2) is 6.55. The molecule has 0 rings (SSSR count). The van der Waals surface area contributed by atoms with Crippen molar-refractivity contribution in [2.45, 2.75) is 26.2 Å². The third kappa shape index (κ3) is 3.85. The maximum absolute atomic E-state index is 12.7. The third-order valence-corrected chi connectivity index (χ3v) is 2.39. The summed E-state index contributed by atoms with van der Waals surface area (Å²) in [6.45, 7) is 3.40. The highest BCUT2D eigenvalue weighted by atomic mass is 19.3. The van der Waals surface area contributed by atoms with Gasteiger partial charge in [-0.1, -0.05) is 0 Å². The lowest BCUT2D eigenvalue weighted by molar-refractivity contribution is -0.180. The van der Waals surface area contributed by atoms with E-state index >= 15 is 0 Å². The first-order chi connectivity index (χ1) is 8.18. The number of carbonyl (C=O) groups is 2. The molecule has 0 unspecified atom stereocenters. The molecule has 0 atom stereocenters. The molecule has 0 aliphatic carbocycles. The first-order valence-corrected chi connectivity index (χ1v) is 5.37. The van der Waals surface area contributed by atoms with Crippen LogP contribution in [0.3, 0.4) is 0 Å². The molecule has 0 saturated carbocycles. The molecule has 18 heavy (non-hydrogen) atoms. The van der Waals surface area contributed by atoms with Crippen molar-refractivity contribution in [1.82, 2.24) is 9.80 Å². The van der Waals surface area contributed by atoms with Crippen LogP contribution in [0.4, 0.5) is 17.6 Å². The zero-order chi connectivity index (χ0) is 14.5. The lowest BCUT2D eigenvalue weighted by Crippen LogP contribution is -2.49. The second-order valence-electron chi connectivity index (χ2n) is 3.65. The van der Waals surface area contributed by atoms with Crippen molar-refractivity contribution >= 4 is 11.8 Å². The number of nitrogens with zero attached hydrogens (tertiary/aromatic N) is 2. The number of carbonyl (C=O) groups excluding carboxylic acids is 2. The van der Waals surface area contributed by atoms with Gasteiger partial charge in [-0.25, -0.2) is 8.78 Å². The Morgan fingerprint density at radius 2 is 1.61 bits per heavy atom. The van der Waals surface area contributed by atoms with Crippen LogP contribution in [0.2, 0.25) is 0 Å². The number of hydrogen-bond donors (Lipinski definition) is 0. The molecule has 0 aromatic heterocycles. The highest BCUT2D eigenvalue weighted by Gasteiger charge is 2.50. The molecular weight excluding hydrogens is 256 g/mol. The first kappa shape index (κ1) is 16.7. The number of halogens is 4. The minimum Gasteiger partial charge on any atom is -0.342 e. The molecule has 0 heterocycles. The molecule has 0 spiro atoms. The van der Waals surface area contributed by atoms with Crippen molar-refractivity contribution in [3.63, 3.8) is 0 Å². The van der Waals surface area contributed by atoms with Crippen molar-refractivity contribution in [3.8, 4) is 0 Å². The number of amides is 2. The Balaban J connectivity index is 4.64. The van der Waals surface area contributed by atoms with Gasteiger partial charge >= 0.3 is 12.3 Å². The fourth-order valence-corrected chi connectivity index (χ4v) is 1.30. The predicted octanol–water partition coefficient (Wildman–Crippen LogP) is 1.21. The summed E-state index contributed by atoms with van der Waals surface area (Å²) in [4.78, 5) is 24.2. The maximum Gasteiger partial charge on any atom is 0.383 e. The molecule has 0 aliphatic rings. The van der Waals surface area contributed by atoms with Gasteiger partial charge in [0.25, 0.3) is 5.91 Å². The van der Waals surface area contributed by atoms with Crippen LogP contribution < -0.4 is 0 Å². The van der Waals surface area contributed by atoms with Crippen LogP contribution in [-0.4, -0.2) is 60.6 Å². The average molecular weight is 272 g/mol. The van der Waals surface area contributed by atoms with E-state index in [9.17, 15) is 27.2 Å². The van der Waals surface area contributed by atoms with Crippen molar-refractivity contribution in [2.75, 3.05) is 26.7 Å². The maximum atomic E-state index is 12.7. The Morgan fingerprint density at radius 1 is 1.17 bits per heavy atom. The van der Waals surface area contributed by atoms with E-state index in [1.807, 2.05) is 0 Å². The molecule has 0 bridgehead atoms. The van der Waals surface area contributed by atoms with E-state index < -0.39 is 30.7 Å². The Labute approximate surface area is 103 Å². The lowest BCUT2D eigenvalue weighted by atomic mass is 10.3. The fraction of sp³-hybridized carbons (Fsp3) is 0.800. The molecule has 0 aromatic carbocycles. The standard InChI is InChI=1S/C10H16F4N2O2/c1-4-16(5-2)7(17)6-15(3)9(18)10(13,14)8(11)12/h8H,4-6H2,1-3H3. The molecule has 4 nitrogen and oxygen atoms in total. The third-order valence-electron chi connectivity index (χ3n) is 2.39. The van der Waals surface area contributed by atoms with Crippen LogP contribution >= 0.6 is 0 Å². The van der Waals surface area contributed by atoms with Gasteiger partial charge in [0.2, 0.25) is 5.91 Å². The van der Waals surface area contributed by atoms with Gasteiger partial charge in [0.15, 0.2) is 0 Å².